The quantitative estimate of drug-likeness (QED) is 0.379. The van der Waals surface area contributed by atoms with Gasteiger partial charge in [-0.15, -0.1) is 0 Å². The molecule has 0 amide bonds. The predicted octanol–water partition coefficient (Wildman–Crippen LogP) is 2.37. The van der Waals surface area contributed by atoms with Crippen LogP contribution in [-0.4, -0.2) is 44.9 Å². The van der Waals surface area contributed by atoms with Crippen molar-refractivity contribution in [2.75, 3.05) is 34.0 Å². The van der Waals surface area contributed by atoms with Gasteiger partial charge in [0.1, 0.15) is 12.4 Å². The number of ether oxygens (including phenoxy) is 3. The van der Waals surface area contributed by atoms with Gasteiger partial charge >= 0.3 is 0 Å². The Morgan fingerprint density at radius 3 is 2.78 bits per heavy atom. The van der Waals surface area contributed by atoms with Crippen LogP contribution >= 0.6 is 0 Å². The number of nitrogens with zero attached hydrogens (tertiary/aromatic N) is 2. The summed E-state index contributed by atoms with van der Waals surface area (Å²) in [5, 5.41) is 6.57. The van der Waals surface area contributed by atoms with Crippen molar-refractivity contribution in [3.63, 3.8) is 0 Å². The maximum absolute atomic E-state index is 5.67. The molecule has 2 N–H and O–H groups in total. The van der Waals surface area contributed by atoms with Crippen molar-refractivity contribution in [1.82, 2.24) is 15.6 Å². The van der Waals surface area contributed by atoms with Gasteiger partial charge in [-0.2, -0.15) is 0 Å². The number of hydrogen-bond donors (Lipinski definition) is 2. The summed E-state index contributed by atoms with van der Waals surface area (Å²) in [6, 6.07) is 11.8. The summed E-state index contributed by atoms with van der Waals surface area (Å²) in [6.45, 7) is 4.90. The average molecular weight is 372 g/mol. The molecule has 0 spiro atoms. The average Bonchev–Trinajstić information content (AvgIpc) is 2.71. The molecule has 27 heavy (non-hydrogen) atoms. The molecule has 0 saturated heterocycles. The van der Waals surface area contributed by atoms with Gasteiger partial charge in [-0.3, -0.25) is 0 Å². The van der Waals surface area contributed by atoms with Crippen LogP contribution in [0.5, 0.6) is 11.6 Å². The lowest BCUT2D eigenvalue weighted by Gasteiger charge is -2.14. The standard InChI is InChI=1S/C20H28N4O3/c1-4-21-20(23-14-16-7-5-9-18(13-16)26-3)24-15-17-8-6-10-22-19(17)27-12-11-25-2/h5-10,13H,4,11-12,14-15H2,1-3H3,(H2,21,23,24). The molecule has 0 atom stereocenters. The third kappa shape index (κ3) is 7.15. The van der Waals surface area contributed by atoms with E-state index in [1.807, 2.05) is 43.3 Å². The zero-order valence-corrected chi connectivity index (χ0v) is 16.2. The van der Waals surface area contributed by atoms with Crippen molar-refractivity contribution in [2.24, 2.45) is 4.99 Å². The van der Waals surface area contributed by atoms with E-state index in [1.165, 1.54) is 0 Å². The van der Waals surface area contributed by atoms with Crippen LogP contribution in [0.25, 0.3) is 0 Å². The summed E-state index contributed by atoms with van der Waals surface area (Å²) in [5.74, 6) is 2.16. The second-order valence-corrected chi connectivity index (χ2v) is 5.71. The number of methoxy groups -OCH3 is 2. The minimum absolute atomic E-state index is 0.463. The van der Waals surface area contributed by atoms with Gasteiger partial charge in [0.2, 0.25) is 5.88 Å². The molecule has 0 saturated carbocycles. The van der Waals surface area contributed by atoms with E-state index in [0.29, 0.717) is 32.2 Å². The van der Waals surface area contributed by atoms with E-state index in [0.717, 1.165) is 29.4 Å². The minimum atomic E-state index is 0.463. The van der Waals surface area contributed by atoms with E-state index in [4.69, 9.17) is 14.2 Å². The smallest absolute Gasteiger partial charge is 0.218 e. The van der Waals surface area contributed by atoms with Gasteiger partial charge in [0, 0.05) is 32.0 Å². The molecule has 0 aliphatic heterocycles. The van der Waals surface area contributed by atoms with Crippen LogP contribution in [0, 0.1) is 0 Å². The van der Waals surface area contributed by atoms with Crippen molar-refractivity contribution in [3.05, 3.63) is 53.7 Å². The Morgan fingerprint density at radius 1 is 1.11 bits per heavy atom. The number of hydrogen-bond acceptors (Lipinski definition) is 5. The van der Waals surface area contributed by atoms with Crippen molar-refractivity contribution in [1.29, 1.82) is 0 Å². The van der Waals surface area contributed by atoms with Gasteiger partial charge in [0.05, 0.1) is 20.3 Å². The molecule has 146 valence electrons. The SMILES string of the molecule is CCNC(=NCc1cccc(OC)c1)NCc1cccnc1OCCOC. The van der Waals surface area contributed by atoms with Crippen LogP contribution in [0.1, 0.15) is 18.1 Å². The van der Waals surface area contributed by atoms with Gasteiger partial charge in [-0.05, 0) is 30.7 Å². The lowest BCUT2D eigenvalue weighted by molar-refractivity contribution is 0.143. The number of pyridine rings is 1. The van der Waals surface area contributed by atoms with E-state index in [2.05, 4.69) is 20.6 Å². The summed E-state index contributed by atoms with van der Waals surface area (Å²) in [6.07, 6.45) is 1.72. The van der Waals surface area contributed by atoms with Gasteiger partial charge in [0.15, 0.2) is 5.96 Å². The van der Waals surface area contributed by atoms with Crippen LogP contribution in [0.15, 0.2) is 47.6 Å². The largest absolute Gasteiger partial charge is 0.497 e. The molecule has 0 fully saturated rings. The number of rotatable bonds is 10. The molecule has 0 unspecified atom stereocenters. The molecule has 1 heterocycles. The van der Waals surface area contributed by atoms with Crippen molar-refractivity contribution >= 4 is 5.96 Å². The van der Waals surface area contributed by atoms with E-state index in [1.54, 1.807) is 20.4 Å². The first-order valence-electron chi connectivity index (χ1n) is 8.97. The molecular weight excluding hydrogens is 344 g/mol. The van der Waals surface area contributed by atoms with Crippen LogP contribution < -0.4 is 20.1 Å². The highest BCUT2D eigenvalue weighted by Gasteiger charge is 2.06. The highest BCUT2D eigenvalue weighted by molar-refractivity contribution is 5.79. The van der Waals surface area contributed by atoms with Gasteiger partial charge in [-0.25, -0.2) is 9.98 Å². The zero-order valence-electron chi connectivity index (χ0n) is 16.2. The summed E-state index contributed by atoms with van der Waals surface area (Å²) < 4.78 is 16.0. The molecule has 1 aromatic carbocycles. The Kier molecular flexibility index (Phi) is 8.92. The fourth-order valence-electron chi connectivity index (χ4n) is 2.37. The molecule has 1 aromatic heterocycles. The summed E-state index contributed by atoms with van der Waals surface area (Å²) in [4.78, 5) is 8.93. The maximum atomic E-state index is 5.67. The van der Waals surface area contributed by atoms with Crippen LogP contribution in [-0.2, 0) is 17.8 Å². The molecule has 0 bridgehead atoms. The van der Waals surface area contributed by atoms with E-state index in [9.17, 15) is 0 Å². The fraction of sp³-hybridized carbons (Fsp3) is 0.400. The van der Waals surface area contributed by atoms with E-state index in [-0.39, 0.29) is 0 Å². The van der Waals surface area contributed by atoms with Crippen molar-refractivity contribution in [2.45, 2.75) is 20.0 Å². The minimum Gasteiger partial charge on any atom is -0.497 e. The summed E-state index contributed by atoms with van der Waals surface area (Å²) in [5.41, 5.74) is 2.04. The number of aromatic nitrogens is 1. The summed E-state index contributed by atoms with van der Waals surface area (Å²) in [7, 11) is 3.31. The second-order valence-electron chi connectivity index (χ2n) is 5.71. The topological polar surface area (TPSA) is 77.0 Å². The molecule has 0 aliphatic carbocycles. The first kappa shape index (κ1) is 20.5. The van der Waals surface area contributed by atoms with Crippen LogP contribution in [0.4, 0.5) is 0 Å². The number of nitrogens with one attached hydrogen (secondary N) is 2. The highest BCUT2D eigenvalue weighted by Crippen LogP contribution is 2.14. The fourth-order valence-corrected chi connectivity index (χ4v) is 2.37. The predicted molar refractivity (Wildman–Crippen MR) is 106 cm³/mol. The first-order chi connectivity index (χ1) is 13.3. The third-order valence-corrected chi connectivity index (χ3v) is 3.72. The van der Waals surface area contributed by atoms with Gasteiger partial charge in [0.25, 0.3) is 0 Å². The van der Waals surface area contributed by atoms with Gasteiger partial charge in [-0.1, -0.05) is 18.2 Å². The number of guanidine groups is 1. The Bertz CT molecular complexity index is 722. The monoisotopic (exact) mass is 372 g/mol. The second kappa shape index (κ2) is 11.7. The van der Waals surface area contributed by atoms with E-state index < -0.39 is 0 Å². The van der Waals surface area contributed by atoms with Crippen LogP contribution in [0.2, 0.25) is 0 Å². The molecule has 2 aromatic rings. The molecule has 0 radical (unpaired) electrons. The summed E-state index contributed by atoms with van der Waals surface area (Å²) >= 11 is 0. The van der Waals surface area contributed by atoms with E-state index >= 15 is 0 Å². The lowest BCUT2D eigenvalue weighted by atomic mass is 10.2. The highest BCUT2D eigenvalue weighted by atomic mass is 16.5. The number of benzene rings is 1. The maximum Gasteiger partial charge on any atom is 0.218 e. The van der Waals surface area contributed by atoms with Crippen LogP contribution in [0.3, 0.4) is 0 Å². The molecular formula is C20H28N4O3. The third-order valence-electron chi connectivity index (χ3n) is 3.72. The lowest BCUT2D eigenvalue weighted by Crippen LogP contribution is -2.36. The molecule has 2 rings (SSSR count). The Hall–Kier alpha value is -2.80. The first-order valence-corrected chi connectivity index (χ1v) is 8.97. The number of aliphatic imine (C=N–C) groups is 1. The molecule has 7 nitrogen and oxygen atoms in total. The van der Waals surface area contributed by atoms with Gasteiger partial charge < -0.3 is 24.8 Å². The Labute approximate surface area is 160 Å². The van der Waals surface area contributed by atoms with Crippen molar-refractivity contribution < 1.29 is 14.2 Å². The van der Waals surface area contributed by atoms with Crippen molar-refractivity contribution in [3.8, 4) is 11.6 Å². The Balaban J connectivity index is 1.99. The zero-order chi connectivity index (χ0) is 19.3. The molecule has 7 heteroatoms. The Morgan fingerprint density at radius 2 is 2.00 bits per heavy atom. The normalized spacial score (nSPS) is 11.1. The molecule has 0 aliphatic rings.